The number of carbonyl (C=O) groups is 2. The van der Waals surface area contributed by atoms with Crippen molar-refractivity contribution in [1.82, 2.24) is 10.3 Å². The van der Waals surface area contributed by atoms with E-state index in [4.69, 9.17) is 0 Å². The van der Waals surface area contributed by atoms with E-state index in [0.717, 1.165) is 25.7 Å². The fourth-order valence-electron chi connectivity index (χ4n) is 2.88. The molecular weight excluding hydrogens is 334 g/mol. The molecule has 0 radical (unpaired) electrons. The minimum Gasteiger partial charge on any atom is -0.345 e. The van der Waals surface area contributed by atoms with Gasteiger partial charge in [-0.05, 0) is 25.2 Å². The number of nitrogens with zero attached hydrogens (tertiary/aromatic N) is 2. The third-order valence-corrected chi connectivity index (χ3v) is 4.68. The number of nitrogens with one attached hydrogen (secondary N) is 1. The molecule has 0 fully saturated rings. The van der Waals surface area contributed by atoms with Crippen LogP contribution in [0.15, 0.2) is 11.6 Å². The van der Waals surface area contributed by atoms with Gasteiger partial charge in [0.25, 0.3) is 5.91 Å². The Labute approximate surface area is 156 Å². The normalized spacial score (nSPS) is 12.9. The molecule has 5 nitrogen and oxygen atoms in total. The molecule has 25 heavy (non-hydrogen) atoms. The average molecular weight is 368 g/mol. The summed E-state index contributed by atoms with van der Waals surface area (Å²) in [4.78, 5) is 31.5. The summed E-state index contributed by atoms with van der Waals surface area (Å²) >= 11 is 1.47. The lowest BCUT2D eigenvalue weighted by atomic mass is 9.92. The highest BCUT2D eigenvalue weighted by Gasteiger charge is 2.31. The quantitative estimate of drug-likeness (QED) is 0.704. The minimum absolute atomic E-state index is 0.0795. The Bertz CT molecular complexity index is 531. The second-order valence-corrected chi connectivity index (χ2v) is 8.65. The SMILES string of the molecule is CCCC(CCC)N(C(=O)C(C)NC(=O)CC(C)(C)C)c1nccs1. The highest BCUT2D eigenvalue weighted by Crippen LogP contribution is 2.26. The zero-order valence-corrected chi connectivity index (χ0v) is 17.3. The highest BCUT2D eigenvalue weighted by molar-refractivity contribution is 7.13. The van der Waals surface area contributed by atoms with E-state index in [1.54, 1.807) is 18.0 Å². The fraction of sp³-hybridized carbons (Fsp3) is 0.737. The molecule has 0 aliphatic rings. The van der Waals surface area contributed by atoms with Gasteiger partial charge in [0.2, 0.25) is 5.91 Å². The number of carbonyl (C=O) groups excluding carboxylic acids is 2. The summed E-state index contributed by atoms with van der Waals surface area (Å²) in [6, 6.07) is -0.439. The van der Waals surface area contributed by atoms with Crippen LogP contribution in [0.1, 0.15) is 73.6 Å². The maximum Gasteiger partial charge on any atom is 0.251 e. The zero-order valence-electron chi connectivity index (χ0n) is 16.5. The number of aromatic nitrogens is 1. The van der Waals surface area contributed by atoms with Crippen molar-refractivity contribution in [3.8, 4) is 0 Å². The zero-order chi connectivity index (χ0) is 19.0. The summed E-state index contributed by atoms with van der Waals surface area (Å²) in [5.74, 6) is -0.168. The second-order valence-electron chi connectivity index (χ2n) is 7.78. The Morgan fingerprint density at radius 2 is 1.84 bits per heavy atom. The van der Waals surface area contributed by atoms with Crippen LogP contribution in [0.2, 0.25) is 0 Å². The monoisotopic (exact) mass is 367 g/mol. The van der Waals surface area contributed by atoms with E-state index in [-0.39, 0.29) is 23.3 Å². The molecule has 1 aromatic rings. The molecule has 1 atom stereocenters. The van der Waals surface area contributed by atoms with Crippen molar-refractivity contribution < 1.29 is 9.59 Å². The molecule has 1 aromatic heterocycles. The highest BCUT2D eigenvalue weighted by atomic mass is 32.1. The molecule has 0 bridgehead atoms. The van der Waals surface area contributed by atoms with Crippen LogP contribution in [0.5, 0.6) is 0 Å². The Hall–Kier alpha value is -1.43. The molecule has 0 aromatic carbocycles. The van der Waals surface area contributed by atoms with E-state index in [1.165, 1.54) is 11.3 Å². The van der Waals surface area contributed by atoms with Gasteiger partial charge >= 0.3 is 0 Å². The molecular formula is C19H33N3O2S. The summed E-state index contributed by atoms with van der Waals surface area (Å²) < 4.78 is 0. The molecule has 0 aliphatic heterocycles. The Morgan fingerprint density at radius 1 is 1.24 bits per heavy atom. The summed E-state index contributed by atoms with van der Waals surface area (Å²) in [5.41, 5.74) is -0.102. The van der Waals surface area contributed by atoms with Gasteiger partial charge in [0, 0.05) is 24.0 Å². The van der Waals surface area contributed by atoms with Crippen LogP contribution in [-0.2, 0) is 9.59 Å². The number of hydrogen-bond acceptors (Lipinski definition) is 4. The first kappa shape index (κ1) is 21.6. The number of amides is 2. The molecule has 1 heterocycles. The average Bonchev–Trinajstić information content (AvgIpc) is 2.99. The first-order chi connectivity index (χ1) is 11.7. The van der Waals surface area contributed by atoms with Gasteiger partial charge in [0.15, 0.2) is 5.13 Å². The van der Waals surface area contributed by atoms with Crippen molar-refractivity contribution >= 4 is 28.3 Å². The lowest BCUT2D eigenvalue weighted by Gasteiger charge is -2.32. The summed E-state index contributed by atoms with van der Waals surface area (Å²) in [6.45, 7) is 12.1. The third-order valence-electron chi connectivity index (χ3n) is 3.91. The molecule has 1 unspecified atom stereocenters. The Morgan fingerprint density at radius 3 is 2.28 bits per heavy atom. The lowest BCUT2D eigenvalue weighted by Crippen LogP contribution is -2.51. The van der Waals surface area contributed by atoms with Crippen LogP contribution in [0.3, 0.4) is 0 Å². The number of rotatable bonds is 9. The molecule has 2 amide bonds. The first-order valence-electron chi connectivity index (χ1n) is 9.21. The van der Waals surface area contributed by atoms with Crippen LogP contribution in [-0.4, -0.2) is 28.9 Å². The maximum absolute atomic E-state index is 13.1. The smallest absolute Gasteiger partial charge is 0.251 e. The van der Waals surface area contributed by atoms with Crippen molar-refractivity contribution in [2.45, 2.75) is 85.7 Å². The predicted molar refractivity (Wildman–Crippen MR) is 105 cm³/mol. The van der Waals surface area contributed by atoms with E-state index >= 15 is 0 Å². The van der Waals surface area contributed by atoms with Gasteiger partial charge in [-0.15, -0.1) is 11.3 Å². The van der Waals surface area contributed by atoms with Crippen molar-refractivity contribution in [2.24, 2.45) is 5.41 Å². The van der Waals surface area contributed by atoms with Crippen molar-refractivity contribution in [3.05, 3.63) is 11.6 Å². The molecule has 6 heteroatoms. The minimum atomic E-state index is -0.560. The number of hydrogen-bond donors (Lipinski definition) is 1. The standard InChI is InChI=1S/C19H33N3O2S/c1-7-9-15(10-8-2)22(18-20-11-12-25-18)17(24)14(3)21-16(23)13-19(4,5)6/h11-12,14-15H,7-10,13H2,1-6H3,(H,21,23). The van der Waals surface area contributed by atoms with Gasteiger partial charge in [-0.25, -0.2) is 4.98 Å². The van der Waals surface area contributed by atoms with E-state index in [0.29, 0.717) is 11.6 Å². The second kappa shape index (κ2) is 9.90. The van der Waals surface area contributed by atoms with Crippen LogP contribution in [0.4, 0.5) is 5.13 Å². The van der Waals surface area contributed by atoms with Crippen molar-refractivity contribution in [1.29, 1.82) is 0 Å². The predicted octanol–water partition coefficient (Wildman–Crippen LogP) is 4.39. The van der Waals surface area contributed by atoms with Crippen LogP contribution in [0, 0.1) is 5.41 Å². The molecule has 0 saturated carbocycles. The first-order valence-corrected chi connectivity index (χ1v) is 10.1. The molecule has 1 N–H and O–H groups in total. The summed E-state index contributed by atoms with van der Waals surface area (Å²) in [6.07, 6.45) is 5.99. The van der Waals surface area contributed by atoms with Gasteiger partial charge in [-0.2, -0.15) is 0 Å². The van der Waals surface area contributed by atoms with Crippen LogP contribution < -0.4 is 10.2 Å². The Balaban J connectivity index is 2.93. The molecule has 1 rings (SSSR count). The van der Waals surface area contributed by atoms with Gasteiger partial charge in [-0.3, -0.25) is 14.5 Å². The van der Waals surface area contributed by atoms with Crippen molar-refractivity contribution in [2.75, 3.05) is 4.90 Å². The number of thiazole rings is 1. The Kier molecular flexibility index (Phi) is 8.56. The van der Waals surface area contributed by atoms with E-state index < -0.39 is 6.04 Å². The van der Waals surface area contributed by atoms with Gasteiger partial charge in [0.1, 0.15) is 6.04 Å². The fourth-order valence-corrected chi connectivity index (χ4v) is 3.60. The lowest BCUT2D eigenvalue weighted by molar-refractivity contribution is -0.128. The van der Waals surface area contributed by atoms with Crippen molar-refractivity contribution in [3.63, 3.8) is 0 Å². The van der Waals surface area contributed by atoms with Gasteiger partial charge < -0.3 is 5.32 Å². The van der Waals surface area contributed by atoms with Gasteiger partial charge in [-0.1, -0.05) is 47.5 Å². The molecule has 0 spiro atoms. The van der Waals surface area contributed by atoms with Crippen LogP contribution in [0.25, 0.3) is 0 Å². The largest absolute Gasteiger partial charge is 0.345 e. The van der Waals surface area contributed by atoms with Gasteiger partial charge in [0.05, 0.1) is 0 Å². The maximum atomic E-state index is 13.1. The number of anilines is 1. The van der Waals surface area contributed by atoms with Crippen LogP contribution >= 0.6 is 11.3 Å². The molecule has 0 aliphatic carbocycles. The van der Waals surface area contributed by atoms with E-state index in [2.05, 4.69) is 24.1 Å². The van der Waals surface area contributed by atoms with E-state index in [1.807, 2.05) is 26.2 Å². The summed E-state index contributed by atoms with van der Waals surface area (Å²) in [5, 5.41) is 5.46. The molecule has 142 valence electrons. The summed E-state index contributed by atoms with van der Waals surface area (Å²) in [7, 11) is 0. The topological polar surface area (TPSA) is 62.3 Å². The van der Waals surface area contributed by atoms with E-state index in [9.17, 15) is 9.59 Å². The third kappa shape index (κ3) is 7.14. The molecule has 0 saturated heterocycles.